The lowest BCUT2D eigenvalue weighted by Gasteiger charge is -2.20. The summed E-state index contributed by atoms with van der Waals surface area (Å²) >= 11 is 0. The van der Waals surface area contributed by atoms with E-state index in [1.165, 1.54) is 6.92 Å². The molecule has 1 aromatic carbocycles. The summed E-state index contributed by atoms with van der Waals surface area (Å²) in [6, 6.07) is 6.80. The Morgan fingerprint density at radius 2 is 1.64 bits per heavy atom. The van der Waals surface area contributed by atoms with Crippen LogP contribution in [-0.4, -0.2) is 28.9 Å². The summed E-state index contributed by atoms with van der Waals surface area (Å²) in [6.45, 7) is 5.19. The second-order valence-electron chi connectivity index (χ2n) is 5.58. The number of carboxylic acids is 1. The van der Waals surface area contributed by atoms with Gasteiger partial charge in [-0.15, -0.1) is 0 Å². The summed E-state index contributed by atoms with van der Waals surface area (Å²) in [5.74, 6) is -1.76. The van der Waals surface area contributed by atoms with Crippen molar-refractivity contribution in [2.75, 3.05) is 0 Å². The number of hydrogen-bond donors (Lipinski definition) is 3. The highest BCUT2D eigenvalue weighted by Gasteiger charge is 2.25. The molecule has 0 heterocycles. The highest BCUT2D eigenvalue weighted by atomic mass is 16.4. The molecule has 0 saturated carbocycles. The van der Waals surface area contributed by atoms with Crippen LogP contribution in [0.3, 0.4) is 0 Å². The lowest BCUT2D eigenvalue weighted by molar-refractivity contribution is -0.141. The zero-order valence-corrected chi connectivity index (χ0v) is 13.0. The molecule has 0 aliphatic carbocycles. The third kappa shape index (κ3) is 5.55. The standard InChI is InChI=1S/C16H22N2O4/c1-10(2)9-13(19)18-14(12-7-5-4-6-8-12)15(20)17-11(3)16(21)22/h4-8,10-11,14H,9H2,1-3H3,(H,17,20)(H,18,19)(H,21,22)/t11-,14-/m0/s1. The normalized spacial score (nSPS) is 13.3. The van der Waals surface area contributed by atoms with Crippen LogP contribution in [0.2, 0.25) is 0 Å². The lowest BCUT2D eigenvalue weighted by atomic mass is 10.0. The minimum Gasteiger partial charge on any atom is -0.480 e. The topological polar surface area (TPSA) is 95.5 Å². The third-order valence-corrected chi connectivity index (χ3v) is 3.02. The second-order valence-corrected chi connectivity index (χ2v) is 5.58. The highest BCUT2D eigenvalue weighted by molar-refractivity contribution is 5.91. The van der Waals surface area contributed by atoms with E-state index in [0.29, 0.717) is 12.0 Å². The van der Waals surface area contributed by atoms with Crippen LogP contribution in [0, 0.1) is 5.92 Å². The molecule has 2 amide bonds. The Morgan fingerprint density at radius 1 is 1.05 bits per heavy atom. The molecule has 0 aliphatic heterocycles. The molecule has 0 unspecified atom stereocenters. The fourth-order valence-corrected chi connectivity index (χ4v) is 1.89. The quantitative estimate of drug-likeness (QED) is 0.711. The zero-order chi connectivity index (χ0) is 16.7. The SMILES string of the molecule is CC(C)CC(=O)N[C@H](C(=O)N[C@@H](C)C(=O)O)c1ccccc1. The molecule has 0 aliphatic rings. The van der Waals surface area contributed by atoms with Crippen molar-refractivity contribution < 1.29 is 19.5 Å². The van der Waals surface area contributed by atoms with Gasteiger partial charge in [-0.2, -0.15) is 0 Å². The minimum absolute atomic E-state index is 0.164. The van der Waals surface area contributed by atoms with Crippen molar-refractivity contribution >= 4 is 17.8 Å². The predicted octanol–water partition coefficient (Wildman–Crippen LogP) is 1.48. The van der Waals surface area contributed by atoms with Gasteiger partial charge in [0.25, 0.3) is 0 Å². The fraction of sp³-hybridized carbons (Fsp3) is 0.438. The first-order chi connectivity index (χ1) is 10.3. The van der Waals surface area contributed by atoms with Crippen LogP contribution in [0.5, 0.6) is 0 Å². The molecule has 120 valence electrons. The molecule has 6 heteroatoms. The molecule has 0 fully saturated rings. The lowest BCUT2D eigenvalue weighted by Crippen LogP contribution is -2.46. The van der Waals surface area contributed by atoms with E-state index in [-0.39, 0.29) is 11.8 Å². The number of carboxylic acid groups (broad SMARTS) is 1. The summed E-state index contributed by atoms with van der Waals surface area (Å²) in [7, 11) is 0. The van der Waals surface area contributed by atoms with Gasteiger partial charge in [-0.3, -0.25) is 14.4 Å². The molecule has 1 aromatic rings. The maximum absolute atomic E-state index is 12.3. The highest BCUT2D eigenvalue weighted by Crippen LogP contribution is 2.14. The third-order valence-electron chi connectivity index (χ3n) is 3.02. The van der Waals surface area contributed by atoms with E-state index >= 15 is 0 Å². The number of rotatable bonds is 7. The zero-order valence-electron chi connectivity index (χ0n) is 13.0. The molecule has 22 heavy (non-hydrogen) atoms. The summed E-state index contributed by atoms with van der Waals surface area (Å²) in [5, 5.41) is 13.9. The van der Waals surface area contributed by atoms with Gasteiger partial charge in [-0.1, -0.05) is 44.2 Å². The van der Waals surface area contributed by atoms with Crippen molar-refractivity contribution in [1.82, 2.24) is 10.6 Å². The monoisotopic (exact) mass is 306 g/mol. The van der Waals surface area contributed by atoms with Gasteiger partial charge in [-0.05, 0) is 18.4 Å². The molecule has 3 N–H and O–H groups in total. The summed E-state index contributed by atoms with van der Waals surface area (Å²) < 4.78 is 0. The maximum Gasteiger partial charge on any atom is 0.325 e. The smallest absolute Gasteiger partial charge is 0.325 e. The minimum atomic E-state index is -1.13. The average molecular weight is 306 g/mol. The molecule has 0 spiro atoms. The van der Waals surface area contributed by atoms with Crippen LogP contribution in [0.25, 0.3) is 0 Å². The summed E-state index contributed by atoms with van der Waals surface area (Å²) in [6.07, 6.45) is 0.297. The number of carbonyl (C=O) groups is 3. The van der Waals surface area contributed by atoms with Gasteiger partial charge in [0, 0.05) is 6.42 Å². The van der Waals surface area contributed by atoms with Gasteiger partial charge in [0.1, 0.15) is 12.1 Å². The Kier molecular flexibility index (Phi) is 6.56. The van der Waals surface area contributed by atoms with Gasteiger partial charge in [0.05, 0.1) is 0 Å². The van der Waals surface area contributed by atoms with Crippen LogP contribution in [-0.2, 0) is 14.4 Å². The van der Waals surface area contributed by atoms with Gasteiger partial charge >= 0.3 is 5.97 Å². The van der Waals surface area contributed by atoms with Crippen LogP contribution < -0.4 is 10.6 Å². The number of aliphatic carboxylic acids is 1. The van der Waals surface area contributed by atoms with E-state index in [1.807, 2.05) is 13.8 Å². The maximum atomic E-state index is 12.3. The Labute approximate surface area is 129 Å². The second kappa shape index (κ2) is 8.17. The van der Waals surface area contributed by atoms with Crippen LogP contribution >= 0.6 is 0 Å². The van der Waals surface area contributed by atoms with E-state index in [0.717, 1.165) is 0 Å². The van der Waals surface area contributed by atoms with Crippen LogP contribution in [0.4, 0.5) is 0 Å². The molecule has 1 rings (SSSR count). The molecule has 0 radical (unpaired) electrons. The van der Waals surface area contributed by atoms with E-state index < -0.39 is 24.0 Å². The number of nitrogens with one attached hydrogen (secondary N) is 2. The molecule has 2 atom stereocenters. The van der Waals surface area contributed by atoms with Gasteiger partial charge in [-0.25, -0.2) is 0 Å². The van der Waals surface area contributed by atoms with Crippen molar-refractivity contribution in [1.29, 1.82) is 0 Å². The van der Waals surface area contributed by atoms with Gasteiger partial charge in [0.15, 0.2) is 0 Å². The first kappa shape index (κ1) is 17.7. The van der Waals surface area contributed by atoms with Crippen molar-refractivity contribution in [3.05, 3.63) is 35.9 Å². The number of carbonyl (C=O) groups excluding carboxylic acids is 2. The van der Waals surface area contributed by atoms with Crippen LogP contribution in [0.1, 0.15) is 38.8 Å². The van der Waals surface area contributed by atoms with Gasteiger partial charge < -0.3 is 15.7 Å². The Bertz CT molecular complexity index is 528. The average Bonchev–Trinajstić information content (AvgIpc) is 2.44. The first-order valence-corrected chi connectivity index (χ1v) is 7.18. The van der Waals surface area contributed by atoms with E-state index in [9.17, 15) is 14.4 Å². The molecule has 0 bridgehead atoms. The Morgan fingerprint density at radius 3 is 2.14 bits per heavy atom. The van der Waals surface area contributed by atoms with Crippen molar-refractivity contribution in [2.45, 2.75) is 39.3 Å². The Balaban J connectivity index is 2.89. The molecule has 6 nitrogen and oxygen atoms in total. The van der Waals surface area contributed by atoms with Crippen molar-refractivity contribution in [3.8, 4) is 0 Å². The predicted molar refractivity (Wildman–Crippen MR) is 82.0 cm³/mol. The number of hydrogen-bond acceptors (Lipinski definition) is 3. The van der Waals surface area contributed by atoms with Crippen molar-refractivity contribution in [2.24, 2.45) is 5.92 Å². The Hall–Kier alpha value is -2.37. The van der Waals surface area contributed by atoms with Crippen LogP contribution in [0.15, 0.2) is 30.3 Å². The summed E-state index contributed by atoms with van der Waals surface area (Å²) in [5.41, 5.74) is 0.606. The van der Waals surface area contributed by atoms with E-state index in [4.69, 9.17) is 5.11 Å². The first-order valence-electron chi connectivity index (χ1n) is 7.18. The van der Waals surface area contributed by atoms with Crippen molar-refractivity contribution in [3.63, 3.8) is 0 Å². The molecule has 0 saturated heterocycles. The molecular weight excluding hydrogens is 284 g/mol. The van der Waals surface area contributed by atoms with E-state index in [2.05, 4.69) is 10.6 Å². The fourth-order valence-electron chi connectivity index (χ4n) is 1.89. The number of amides is 2. The molecule has 0 aromatic heterocycles. The van der Waals surface area contributed by atoms with E-state index in [1.54, 1.807) is 30.3 Å². The number of benzene rings is 1. The molecular formula is C16H22N2O4. The largest absolute Gasteiger partial charge is 0.480 e. The summed E-state index contributed by atoms with van der Waals surface area (Å²) in [4.78, 5) is 35.1. The van der Waals surface area contributed by atoms with Gasteiger partial charge in [0.2, 0.25) is 11.8 Å².